The molecule has 0 aliphatic carbocycles. The monoisotopic (exact) mass is 212 g/mol. The second-order valence-corrected chi connectivity index (χ2v) is 4.46. The highest BCUT2D eigenvalue weighted by Gasteiger charge is 2.30. The number of morpholine rings is 1. The molecule has 0 saturated carbocycles. The predicted octanol–water partition coefficient (Wildman–Crippen LogP) is 0.376. The van der Waals surface area contributed by atoms with Crippen LogP contribution in [0.3, 0.4) is 0 Å². The molecule has 0 aromatic carbocycles. The third-order valence-electron chi connectivity index (χ3n) is 3.26. The lowest BCUT2D eigenvalue weighted by Crippen LogP contribution is -2.55. The summed E-state index contributed by atoms with van der Waals surface area (Å²) in [6.45, 7) is 5.15. The van der Waals surface area contributed by atoms with Gasteiger partial charge in [-0.3, -0.25) is 4.79 Å². The number of carbonyl (C=O) groups excluding carboxylic acids is 1. The standard InChI is InChI=1S/C11H20N2O2/c1-9-8-15-7-6-13(9)11(14)10-4-2-3-5-12-10/h9-10,12H,2-8H2,1H3/t9-,10?/m1/s1. The van der Waals surface area contributed by atoms with Crippen LogP contribution < -0.4 is 5.32 Å². The molecule has 0 spiro atoms. The zero-order valence-corrected chi connectivity index (χ0v) is 9.37. The Morgan fingerprint density at radius 2 is 2.33 bits per heavy atom. The third-order valence-corrected chi connectivity index (χ3v) is 3.26. The molecule has 2 fully saturated rings. The van der Waals surface area contributed by atoms with Crippen molar-refractivity contribution in [2.45, 2.75) is 38.3 Å². The molecule has 2 aliphatic heterocycles. The lowest BCUT2D eigenvalue weighted by molar-refractivity contribution is -0.141. The molecule has 1 N–H and O–H groups in total. The lowest BCUT2D eigenvalue weighted by atomic mass is 10.0. The van der Waals surface area contributed by atoms with Crippen LogP contribution in [0.4, 0.5) is 0 Å². The van der Waals surface area contributed by atoms with Gasteiger partial charge in [-0.2, -0.15) is 0 Å². The number of hydrogen-bond acceptors (Lipinski definition) is 3. The van der Waals surface area contributed by atoms with Gasteiger partial charge in [0.1, 0.15) is 0 Å². The van der Waals surface area contributed by atoms with Gasteiger partial charge in [0.15, 0.2) is 0 Å². The summed E-state index contributed by atoms with van der Waals surface area (Å²) in [5.74, 6) is 0.269. The molecule has 0 bridgehead atoms. The van der Waals surface area contributed by atoms with E-state index in [9.17, 15) is 4.79 Å². The molecule has 15 heavy (non-hydrogen) atoms. The van der Waals surface area contributed by atoms with Crippen LogP contribution in [0.2, 0.25) is 0 Å². The number of amides is 1. The quantitative estimate of drug-likeness (QED) is 0.683. The van der Waals surface area contributed by atoms with E-state index in [4.69, 9.17) is 4.74 Å². The van der Waals surface area contributed by atoms with Gasteiger partial charge in [0, 0.05) is 6.54 Å². The average molecular weight is 212 g/mol. The van der Waals surface area contributed by atoms with Crippen LogP contribution in [-0.2, 0) is 9.53 Å². The molecule has 4 heteroatoms. The molecule has 86 valence electrons. The maximum absolute atomic E-state index is 12.2. The molecule has 0 aromatic rings. The van der Waals surface area contributed by atoms with Crippen LogP contribution >= 0.6 is 0 Å². The van der Waals surface area contributed by atoms with E-state index in [0.717, 1.165) is 19.5 Å². The van der Waals surface area contributed by atoms with Gasteiger partial charge >= 0.3 is 0 Å². The summed E-state index contributed by atoms with van der Waals surface area (Å²) in [4.78, 5) is 14.1. The van der Waals surface area contributed by atoms with E-state index in [1.807, 2.05) is 4.90 Å². The third kappa shape index (κ3) is 2.49. The summed E-state index contributed by atoms with van der Waals surface area (Å²) in [5.41, 5.74) is 0. The Morgan fingerprint density at radius 3 is 3.00 bits per heavy atom. The number of rotatable bonds is 1. The number of hydrogen-bond donors (Lipinski definition) is 1. The number of piperidine rings is 1. The van der Waals surface area contributed by atoms with Gasteiger partial charge in [0.2, 0.25) is 5.91 Å². The first-order valence-electron chi connectivity index (χ1n) is 5.90. The Balaban J connectivity index is 1.92. The van der Waals surface area contributed by atoms with E-state index in [0.29, 0.717) is 13.2 Å². The minimum atomic E-state index is 0.0549. The number of nitrogens with zero attached hydrogens (tertiary/aromatic N) is 1. The van der Waals surface area contributed by atoms with Gasteiger partial charge in [-0.15, -0.1) is 0 Å². The van der Waals surface area contributed by atoms with Crippen LogP contribution in [0, 0.1) is 0 Å². The molecule has 0 aromatic heterocycles. The second kappa shape index (κ2) is 4.94. The van der Waals surface area contributed by atoms with Crippen molar-refractivity contribution in [3.8, 4) is 0 Å². The molecular weight excluding hydrogens is 192 g/mol. The highest BCUT2D eigenvalue weighted by atomic mass is 16.5. The van der Waals surface area contributed by atoms with Crippen molar-refractivity contribution in [1.29, 1.82) is 0 Å². The first-order chi connectivity index (χ1) is 7.29. The number of carbonyl (C=O) groups is 1. The fraction of sp³-hybridized carbons (Fsp3) is 0.909. The first kappa shape index (κ1) is 10.9. The predicted molar refractivity (Wildman–Crippen MR) is 57.6 cm³/mol. The van der Waals surface area contributed by atoms with Crippen LogP contribution in [0.25, 0.3) is 0 Å². The minimum absolute atomic E-state index is 0.0549. The normalized spacial score (nSPS) is 32.7. The Hall–Kier alpha value is -0.610. The zero-order chi connectivity index (χ0) is 10.7. The van der Waals surface area contributed by atoms with Crippen molar-refractivity contribution in [2.75, 3.05) is 26.3 Å². The van der Waals surface area contributed by atoms with Gasteiger partial charge in [-0.1, -0.05) is 6.42 Å². The molecule has 4 nitrogen and oxygen atoms in total. The summed E-state index contributed by atoms with van der Waals surface area (Å²) < 4.78 is 5.34. The van der Waals surface area contributed by atoms with Crippen molar-refractivity contribution >= 4 is 5.91 Å². The van der Waals surface area contributed by atoms with Crippen molar-refractivity contribution in [1.82, 2.24) is 10.2 Å². The van der Waals surface area contributed by atoms with E-state index in [2.05, 4.69) is 12.2 Å². The van der Waals surface area contributed by atoms with Crippen LogP contribution in [0.15, 0.2) is 0 Å². The topological polar surface area (TPSA) is 41.6 Å². The van der Waals surface area contributed by atoms with Crippen molar-refractivity contribution < 1.29 is 9.53 Å². The summed E-state index contributed by atoms with van der Waals surface area (Å²) in [6, 6.07) is 0.286. The van der Waals surface area contributed by atoms with Crippen molar-refractivity contribution in [2.24, 2.45) is 0 Å². The molecule has 2 atom stereocenters. The fourth-order valence-corrected chi connectivity index (χ4v) is 2.32. The molecule has 2 saturated heterocycles. The first-order valence-corrected chi connectivity index (χ1v) is 5.90. The van der Waals surface area contributed by atoms with Crippen molar-refractivity contribution in [3.63, 3.8) is 0 Å². The Bertz CT molecular complexity index is 227. The highest BCUT2D eigenvalue weighted by Crippen LogP contribution is 2.13. The van der Waals surface area contributed by atoms with Gasteiger partial charge in [0.25, 0.3) is 0 Å². The van der Waals surface area contributed by atoms with Crippen LogP contribution in [-0.4, -0.2) is 49.2 Å². The van der Waals surface area contributed by atoms with E-state index in [1.165, 1.54) is 12.8 Å². The highest BCUT2D eigenvalue weighted by molar-refractivity contribution is 5.82. The molecule has 1 unspecified atom stereocenters. The number of ether oxygens (including phenoxy) is 1. The van der Waals surface area contributed by atoms with Crippen molar-refractivity contribution in [3.05, 3.63) is 0 Å². The number of nitrogens with one attached hydrogen (secondary N) is 1. The Morgan fingerprint density at radius 1 is 1.47 bits per heavy atom. The molecule has 2 heterocycles. The Labute approximate surface area is 91.0 Å². The second-order valence-electron chi connectivity index (χ2n) is 4.46. The van der Waals surface area contributed by atoms with Gasteiger partial charge in [-0.05, 0) is 26.3 Å². The van der Waals surface area contributed by atoms with Gasteiger partial charge in [0.05, 0.1) is 25.3 Å². The van der Waals surface area contributed by atoms with E-state index < -0.39 is 0 Å². The summed E-state index contributed by atoms with van der Waals surface area (Å²) in [5, 5.41) is 3.30. The molecular formula is C11H20N2O2. The zero-order valence-electron chi connectivity index (χ0n) is 9.37. The largest absolute Gasteiger partial charge is 0.377 e. The van der Waals surface area contributed by atoms with Crippen LogP contribution in [0.1, 0.15) is 26.2 Å². The van der Waals surface area contributed by atoms with E-state index in [1.54, 1.807) is 0 Å². The maximum Gasteiger partial charge on any atom is 0.240 e. The summed E-state index contributed by atoms with van der Waals surface area (Å²) >= 11 is 0. The molecule has 2 rings (SSSR count). The summed E-state index contributed by atoms with van der Waals surface area (Å²) in [6.07, 6.45) is 3.35. The summed E-state index contributed by atoms with van der Waals surface area (Å²) in [7, 11) is 0. The van der Waals surface area contributed by atoms with Gasteiger partial charge < -0.3 is 15.0 Å². The van der Waals surface area contributed by atoms with Gasteiger partial charge in [-0.25, -0.2) is 0 Å². The molecule has 0 radical (unpaired) electrons. The minimum Gasteiger partial charge on any atom is -0.377 e. The molecule has 1 amide bonds. The Kier molecular flexibility index (Phi) is 3.59. The molecule has 2 aliphatic rings. The lowest BCUT2D eigenvalue weighted by Gasteiger charge is -2.36. The van der Waals surface area contributed by atoms with E-state index >= 15 is 0 Å². The van der Waals surface area contributed by atoms with E-state index in [-0.39, 0.29) is 18.0 Å². The smallest absolute Gasteiger partial charge is 0.240 e. The fourth-order valence-electron chi connectivity index (χ4n) is 2.32. The van der Waals surface area contributed by atoms with Crippen LogP contribution in [0.5, 0.6) is 0 Å². The maximum atomic E-state index is 12.2. The SMILES string of the molecule is C[C@@H]1COCCN1C(=O)C1CCCCN1. The average Bonchev–Trinajstić information content (AvgIpc) is 2.30.